The van der Waals surface area contributed by atoms with Crippen LogP contribution in [0, 0.1) is 0 Å². The molecule has 1 amide bonds. The molecule has 5 rings (SSSR count). The molecule has 3 aromatic rings. The number of benzene rings is 1. The Kier molecular flexibility index (Phi) is 8.43. The topological polar surface area (TPSA) is 108 Å². The zero-order valence-corrected chi connectivity index (χ0v) is 21.8. The van der Waals surface area contributed by atoms with E-state index < -0.39 is 0 Å². The summed E-state index contributed by atoms with van der Waals surface area (Å²) < 4.78 is 6.96. The highest BCUT2D eigenvalue weighted by atomic mass is 16.5. The number of nitrogens with one attached hydrogen (secondary N) is 2. The van der Waals surface area contributed by atoms with E-state index in [2.05, 4.69) is 34.1 Å². The summed E-state index contributed by atoms with van der Waals surface area (Å²) in [5, 5.41) is 18.4. The summed E-state index contributed by atoms with van der Waals surface area (Å²) in [6.07, 6.45) is 8.45. The van der Waals surface area contributed by atoms with E-state index in [4.69, 9.17) is 9.73 Å². The van der Waals surface area contributed by atoms with Gasteiger partial charge in [-0.1, -0.05) is 0 Å². The first-order valence-corrected chi connectivity index (χ1v) is 12.9. The Hall–Kier alpha value is -3.17. The average molecular weight is 495 g/mol. The number of piperidine rings is 1. The highest BCUT2D eigenvalue weighted by molar-refractivity contribution is 6.13. The van der Waals surface area contributed by atoms with Crippen LogP contribution >= 0.6 is 0 Å². The summed E-state index contributed by atoms with van der Waals surface area (Å²) in [7, 11) is 1.60. The molecule has 2 aliphatic heterocycles. The van der Waals surface area contributed by atoms with Crippen LogP contribution in [0.1, 0.15) is 68.4 Å². The molecule has 1 aromatic carbocycles. The number of aliphatic imine (C=N–C) groups is 1. The number of hydrogen-bond donors (Lipinski definition) is 3. The summed E-state index contributed by atoms with van der Waals surface area (Å²) in [4.78, 5) is 22.2. The summed E-state index contributed by atoms with van der Waals surface area (Å²) in [6, 6.07) is 6.25. The molecular weight excluding hydrogens is 456 g/mol. The Morgan fingerprint density at radius 1 is 1.25 bits per heavy atom. The maximum atomic E-state index is 12.0. The summed E-state index contributed by atoms with van der Waals surface area (Å²) in [6.45, 7) is 10.5. The van der Waals surface area contributed by atoms with E-state index in [0.717, 1.165) is 55.7 Å². The number of aromatic nitrogens is 3. The van der Waals surface area contributed by atoms with Crippen molar-refractivity contribution in [2.45, 2.75) is 58.5 Å². The number of amides is 1. The van der Waals surface area contributed by atoms with Gasteiger partial charge in [0, 0.05) is 55.9 Å². The van der Waals surface area contributed by atoms with Crippen molar-refractivity contribution in [1.29, 1.82) is 0 Å². The van der Waals surface area contributed by atoms with Gasteiger partial charge in [0.05, 0.1) is 29.7 Å². The minimum Gasteiger partial charge on any atom is -0.494 e. The third kappa shape index (κ3) is 5.96. The molecular formula is C27H38N6O3. The lowest BCUT2D eigenvalue weighted by Crippen LogP contribution is -2.39. The lowest BCUT2D eigenvalue weighted by Gasteiger charge is -2.34. The van der Waals surface area contributed by atoms with Crippen molar-refractivity contribution < 1.29 is 14.6 Å². The maximum absolute atomic E-state index is 12.0. The van der Waals surface area contributed by atoms with E-state index in [9.17, 15) is 9.90 Å². The van der Waals surface area contributed by atoms with E-state index >= 15 is 0 Å². The van der Waals surface area contributed by atoms with Gasteiger partial charge in [-0.05, 0) is 64.7 Å². The van der Waals surface area contributed by atoms with Gasteiger partial charge in [-0.15, -0.1) is 0 Å². The van der Waals surface area contributed by atoms with E-state index in [1.807, 2.05) is 17.8 Å². The Morgan fingerprint density at radius 2 is 1.97 bits per heavy atom. The van der Waals surface area contributed by atoms with Crippen molar-refractivity contribution in [3.8, 4) is 5.88 Å². The van der Waals surface area contributed by atoms with Crippen LogP contribution in [-0.4, -0.2) is 75.8 Å². The number of aromatic hydroxyl groups is 1. The molecule has 0 spiro atoms. The number of carbonyl (C=O) groups excluding carboxylic acids is 1. The molecule has 2 saturated heterocycles. The predicted octanol–water partition coefficient (Wildman–Crippen LogP) is 4.41. The highest BCUT2D eigenvalue weighted by Crippen LogP contribution is 2.30. The molecule has 4 heterocycles. The lowest BCUT2D eigenvalue weighted by atomic mass is 10.0. The third-order valence-electron chi connectivity index (χ3n) is 6.95. The van der Waals surface area contributed by atoms with Gasteiger partial charge in [-0.25, -0.2) is 4.99 Å². The van der Waals surface area contributed by atoms with Crippen molar-refractivity contribution in [2.24, 2.45) is 4.99 Å². The molecule has 2 aromatic heterocycles. The molecule has 194 valence electrons. The summed E-state index contributed by atoms with van der Waals surface area (Å²) in [5.74, 6) is -0.133. The SMILES string of the molecule is C1CCOC1.CNC(=O)c1ccc2[nH]c(O)c(C(C)=Nc3cnn(C4CCN(C(C)C)CC4)c3)c2c1. The first-order chi connectivity index (χ1) is 17.4. The number of likely N-dealkylation sites (tertiary alicyclic amines) is 1. The molecule has 0 bridgehead atoms. The van der Waals surface area contributed by atoms with Gasteiger partial charge in [-0.3, -0.25) is 9.48 Å². The van der Waals surface area contributed by atoms with Gasteiger partial charge >= 0.3 is 0 Å². The molecule has 9 heteroatoms. The molecule has 0 aliphatic carbocycles. The Bertz CT molecular complexity index is 1190. The fourth-order valence-corrected chi connectivity index (χ4v) is 4.84. The standard InChI is InChI=1S/C23H30N6O2.C4H8O/c1-14(2)28-9-7-18(8-10-28)29-13-17(12-25-29)26-15(3)21-19-11-16(22(30)24-4)5-6-20(19)27-23(21)31;1-2-4-5-3-1/h5-6,11-14,18,27,31H,7-10H2,1-4H3,(H,24,30);1-4H2. The van der Waals surface area contributed by atoms with Gasteiger partial charge in [0.15, 0.2) is 5.88 Å². The van der Waals surface area contributed by atoms with Crippen LogP contribution < -0.4 is 5.32 Å². The number of aromatic amines is 1. The normalized spacial score (nSPS) is 17.4. The fourth-order valence-electron chi connectivity index (χ4n) is 4.84. The maximum Gasteiger partial charge on any atom is 0.251 e. The minimum absolute atomic E-state index is 0.0405. The second-order valence-electron chi connectivity index (χ2n) is 9.74. The van der Waals surface area contributed by atoms with Gasteiger partial charge in [0.2, 0.25) is 0 Å². The molecule has 2 fully saturated rings. The average Bonchev–Trinajstić information content (AvgIpc) is 3.65. The molecule has 36 heavy (non-hydrogen) atoms. The zero-order chi connectivity index (χ0) is 25.7. The first kappa shape index (κ1) is 25.9. The van der Waals surface area contributed by atoms with Crippen LogP contribution in [0.5, 0.6) is 5.88 Å². The smallest absolute Gasteiger partial charge is 0.251 e. The fraction of sp³-hybridized carbons (Fsp3) is 0.519. The van der Waals surface area contributed by atoms with E-state index in [1.54, 1.807) is 31.4 Å². The van der Waals surface area contributed by atoms with E-state index in [0.29, 0.717) is 28.9 Å². The van der Waals surface area contributed by atoms with Crippen molar-refractivity contribution in [2.75, 3.05) is 33.4 Å². The third-order valence-corrected chi connectivity index (χ3v) is 6.95. The number of fused-ring (bicyclic) bond motifs is 1. The van der Waals surface area contributed by atoms with Gasteiger partial charge < -0.3 is 25.0 Å². The van der Waals surface area contributed by atoms with Gasteiger partial charge in [0.1, 0.15) is 5.69 Å². The molecule has 3 N–H and O–H groups in total. The number of H-pyrrole nitrogens is 1. The van der Waals surface area contributed by atoms with Crippen LogP contribution in [0.25, 0.3) is 10.9 Å². The van der Waals surface area contributed by atoms with Crippen molar-refractivity contribution in [3.63, 3.8) is 0 Å². The van der Waals surface area contributed by atoms with Crippen molar-refractivity contribution >= 4 is 28.2 Å². The number of nitrogens with zero attached hydrogens (tertiary/aromatic N) is 4. The summed E-state index contributed by atoms with van der Waals surface area (Å²) >= 11 is 0. The zero-order valence-electron chi connectivity index (χ0n) is 21.8. The van der Waals surface area contributed by atoms with Crippen molar-refractivity contribution in [3.05, 3.63) is 41.7 Å². The predicted molar refractivity (Wildman–Crippen MR) is 142 cm³/mol. The lowest BCUT2D eigenvalue weighted by molar-refractivity contribution is 0.0963. The quantitative estimate of drug-likeness (QED) is 0.455. The molecule has 9 nitrogen and oxygen atoms in total. The van der Waals surface area contributed by atoms with Crippen LogP contribution in [0.15, 0.2) is 35.6 Å². The molecule has 0 unspecified atom stereocenters. The highest BCUT2D eigenvalue weighted by Gasteiger charge is 2.23. The second-order valence-corrected chi connectivity index (χ2v) is 9.74. The van der Waals surface area contributed by atoms with Crippen LogP contribution in [0.4, 0.5) is 5.69 Å². The second kappa shape index (κ2) is 11.7. The number of rotatable bonds is 5. The molecule has 0 atom stereocenters. The van der Waals surface area contributed by atoms with Gasteiger partial charge in [0.25, 0.3) is 5.91 Å². The van der Waals surface area contributed by atoms with Gasteiger partial charge in [-0.2, -0.15) is 5.10 Å². The first-order valence-electron chi connectivity index (χ1n) is 12.9. The molecule has 2 aliphatic rings. The number of hydrogen-bond acceptors (Lipinski definition) is 6. The van der Waals surface area contributed by atoms with Crippen LogP contribution in [0.3, 0.4) is 0 Å². The number of carbonyl (C=O) groups is 1. The van der Waals surface area contributed by atoms with E-state index in [1.165, 1.54) is 12.8 Å². The monoisotopic (exact) mass is 494 g/mol. The number of ether oxygens (including phenoxy) is 1. The Morgan fingerprint density at radius 3 is 2.58 bits per heavy atom. The van der Waals surface area contributed by atoms with Crippen molar-refractivity contribution in [1.82, 2.24) is 25.0 Å². The van der Waals surface area contributed by atoms with Crippen LogP contribution in [-0.2, 0) is 4.74 Å². The van der Waals surface area contributed by atoms with E-state index in [-0.39, 0.29) is 11.8 Å². The Balaban J connectivity index is 0.000000543. The molecule has 0 radical (unpaired) electrons. The Labute approximate surface area is 212 Å². The largest absolute Gasteiger partial charge is 0.494 e. The minimum atomic E-state index is -0.173. The van der Waals surface area contributed by atoms with Crippen LogP contribution in [0.2, 0.25) is 0 Å². The summed E-state index contributed by atoms with van der Waals surface area (Å²) in [5.41, 5.74) is 3.29. The molecule has 0 saturated carbocycles.